The molecule has 1 fully saturated rings. The molecule has 0 atom stereocenters. The Morgan fingerprint density at radius 2 is 2.00 bits per heavy atom. The van der Waals surface area contributed by atoms with Gasteiger partial charge in [0.25, 0.3) is 0 Å². The van der Waals surface area contributed by atoms with E-state index in [0.717, 1.165) is 24.6 Å². The zero-order valence-electron chi connectivity index (χ0n) is 9.69. The highest BCUT2D eigenvalue weighted by Gasteiger charge is 2.16. The fourth-order valence-electron chi connectivity index (χ4n) is 1.91. The molecule has 0 N–H and O–H groups in total. The lowest BCUT2D eigenvalue weighted by molar-refractivity contribution is -0.130. The van der Waals surface area contributed by atoms with Gasteiger partial charge in [0.15, 0.2) is 0 Å². The third-order valence-electron chi connectivity index (χ3n) is 2.93. The molecule has 1 amide bonds. The van der Waals surface area contributed by atoms with Gasteiger partial charge in [0.05, 0.1) is 0 Å². The van der Waals surface area contributed by atoms with Crippen LogP contribution in [0.5, 0.6) is 0 Å². The number of thioether (sulfide) groups is 1. The number of benzene rings is 1. The van der Waals surface area contributed by atoms with Crippen molar-refractivity contribution in [1.29, 1.82) is 0 Å². The van der Waals surface area contributed by atoms with Crippen molar-refractivity contribution in [3.05, 3.63) is 35.6 Å². The topological polar surface area (TPSA) is 20.3 Å². The highest BCUT2D eigenvalue weighted by atomic mass is 32.2. The van der Waals surface area contributed by atoms with E-state index in [1.165, 1.54) is 6.07 Å². The van der Waals surface area contributed by atoms with E-state index in [9.17, 15) is 9.18 Å². The average Bonchev–Trinajstić information content (AvgIpc) is 2.38. The van der Waals surface area contributed by atoms with Crippen molar-refractivity contribution >= 4 is 17.7 Å². The van der Waals surface area contributed by atoms with Crippen molar-refractivity contribution < 1.29 is 9.18 Å². The molecular formula is C13H16FNOS. The molecule has 1 aliphatic heterocycles. The predicted molar refractivity (Wildman–Crippen MR) is 68.6 cm³/mol. The van der Waals surface area contributed by atoms with Crippen molar-refractivity contribution in [2.75, 3.05) is 24.6 Å². The third-order valence-corrected chi connectivity index (χ3v) is 3.87. The largest absolute Gasteiger partial charge is 0.341 e. The molecule has 0 unspecified atom stereocenters. The number of aryl methyl sites for hydroxylation is 1. The van der Waals surface area contributed by atoms with Gasteiger partial charge in [0.2, 0.25) is 5.91 Å². The summed E-state index contributed by atoms with van der Waals surface area (Å²) >= 11 is 1.88. The Morgan fingerprint density at radius 3 is 2.71 bits per heavy atom. The van der Waals surface area contributed by atoms with Gasteiger partial charge in [0.1, 0.15) is 5.82 Å². The highest BCUT2D eigenvalue weighted by molar-refractivity contribution is 7.99. The fraction of sp³-hybridized carbons (Fsp3) is 0.462. The summed E-state index contributed by atoms with van der Waals surface area (Å²) < 4.78 is 13.4. The van der Waals surface area contributed by atoms with Crippen molar-refractivity contribution in [2.45, 2.75) is 12.8 Å². The molecule has 0 aromatic heterocycles. The van der Waals surface area contributed by atoms with Gasteiger partial charge in [-0.3, -0.25) is 4.79 Å². The van der Waals surface area contributed by atoms with E-state index in [1.807, 2.05) is 16.7 Å². The van der Waals surface area contributed by atoms with Crippen molar-refractivity contribution in [2.24, 2.45) is 0 Å². The van der Waals surface area contributed by atoms with Gasteiger partial charge in [-0.25, -0.2) is 4.39 Å². The van der Waals surface area contributed by atoms with Crippen LogP contribution in [0.2, 0.25) is 0 Å². The standard InChI is InChI=1S/C13H16FNOS/c14-12-4-2-1-3-11(12)5-6-13(16)15-7-9-17-10-8-15/h1-4H,5-10H2. The van der Waals surface area contributed by atoms with Crippen LogP contribution in [-0.4, -0.2) is 35.4 Å². The van der Waals surface area contributed by atoms with E-state index >= 15 is 0 Å². The van der Waals surface area contributed by atoms with E-state index in [4.69, 9.17) is 0 Å². The van der Waals surface area contributed by atoms with Crippen LogP contribution in [-0.2, 0) is 11.2 Å². The molecule has 92 valence electrons. The summed E-state index contributed by atoms with van der Waals surface area (Å²) in [6.45, 7) is 1.67. The molecule has 2 rings (SSSR count). The summed E-state index contributed by atoms with van der Waals surface area (Å²) in [4.78, 5) is 13.8. The smallest absolute Gasteiger partial charge is 0.222 e. The molecule has 4 heteroatoms. The molecule has 17 heavy (non-hydrogen) atoms. The number of rotatable bonds is 3. The van der Waals surface area contributed by atoms with Crippen LogP contribution < -0.4 is 0 Å². The van der Waals surface area contributed by atoms with E-state index in [2.05, 4.69) is 0 Å². The number of carbonyl (C=O) groups is 1. The van der Waals surface area contributed by atoms with Gasteiger partial charge >= 0.3 is 0 Å². The van der Waals surface area contributed by atoms with E-state index in [1.54, 1.807) is 18.2 Å². The summed E-state index contributed by atoms with van der Waals surface area (Å²) in [7, 11) is 0. The maximum Gasteiger partial charge on any atom is 0.222 e. The molecule has 0 radical (unpaired) electrons. The number of amides is 1. The first-order valence-corrected chi connectivity index (χ1v) is 7.02. The maximum atomic E-state index is 13.4. The van der Waals surface area contributed by atoms with E-state index in [-0.39, 0.29) is 11.7 Å². The summed E-state index contributed by atoms with van der Waals surface area (Å²) in [5, 5.41) is 0. The van der Waals surface area contributed by atoms with Gasteiger partial charge < -0.3 is 4.90 Å². The molecule has 1 aromatic rings. The highest BCUT2D eigenvalue weighted by Crippen LogP contribution is 2.13. The molecule has 0 saturated carbocycles. The quantitative estimate of drug-likeness (QED) is 0.824. The molecule has 0 aliphatic carbocycles. The minimum absolute atomic E-state index is 0.147. The SMILES string of the molecule is O=C(CCc1ccccc1F)N1CCSCC1. The van der Waals surface area contributed by atoms with Crippen LogP contribution in [0.25, 0.3) is 0 Å². The van der Waals surface area contributed by atoms with Crippen LogP contribution in [0.3, 0.4) is 0 Å². The monoisotopic (exact) mass is 253 g/mol. The average molecular weight is 253 g/mol. The Balaban J connectivity index is 1.85. The normalized spacial score (nSPS) is 15.9. The Hall–Kier alpha value is -1.03. The van der Waals surface area contributed by atoms with Crippen LogP contribution in [0.1, 0.15) is 12.0 Å². The van der Waals surface area contributed by atoms with Crippen molar-refractivity contribution in [1.82, 2.24) is 4.90 Å². The zero-order valence-corrected chi connectivity index (χ0v) is 10.5. The first-order valence-electron chi connectivity index (χ1n) is 5.86. The van der Waals surface area contributed by atoms with Gasteiger partial charge in [-0.1, -0.05) is 18.2 Å². The zero-order chi connectivity index (χ0) is 12.1. The lowest BCUT2D eigenvalue weighted by Crippen LogP contribution is -2.38. The number of carbonyl (C=O) groups excluding carboxylic acids is 1. The molecular weight excluding hydrogens is 237 g/mol. The van der Waals surface area contributed by atoms with Crippen LogP contribution in [0.4, 0.5) is 4.39 Å². The second-order valence-corrected chi connectivity index (χ2v) is 5.31. The van der Waals surface area contributed by atoms with Gasteiger partial charge in [0, 0.05) is 31.0 Å². The fourth-order valence-corrected chi connectivity index (χ4v) is 2.82. The second-order valence-electron chi connectivity index (χ2n) is 4.08. The molecule has 1 heterocycles. The number of hydrogen-bond donors (Lipinski definition) is 0. The van der Waals surface area contributed by atoms with Crippen LogP contribution in [0, 0.1) is 5.82 Å². The number of halogens is 1. The lowest BCUT2D eigenvalue weighted by Gasteiger charge is -2.26. The van der Waals surface area contributed by atoms with E-state index in [0.29, 0.717) is 18.4 Å². The van der Waals surface area contributed by atoms with E-state index < -0.39 is 0 Å². The van der Waals surface area contributed by atoms with Crippen LogP contribution >= 0.6 is 11.8 Å². The van der Waals surface area contributed by atoms with Crippen molar-refractivity contribution in [3.63, 3.8) is 0 Å². The first kappa shape index (κ1) is 12.4. The molecule has 0 spiro atoms. The molecule has 1 saturated heterocycles. The molecule has 2 nitrogen and oxygen atoms in total. The maximum absolute atomic E-state index is 13.4. The lowest BCUT2D eigenvalue weighted by atomic mass is 10.1. The van der Waals surface area contributed by atoms with Crippen molar-refractivity contribution in [3.8, 4) is 0 Å². The Labute approximate surface area is 105 Å². The minimum atomic E-state index is -0.213. The number of hydrogen-bond acceptors (Lipinski definition) is 2. The minimum Gasteiger partial charge on any atom is -0.341 e. The summed E-state index contributed by atoms with van der Waals surface area (Å²) in [6.07, 6.45) is 0.904. The Kier molecular flexibility index (Phi) is 4.42. The van der Waals surface area contributed by atoms with Gasteiger partial charge in [-0.05, 0) is 18.1 Å². The molecule has 0 bridgehead atoms. The second kappa shape index (κ2) is 6.05. The summed E-state index contributed by atoms with van der Waals surface area (Å²) in [5.41, 5.74) is 0.632. The Morgan fingerprint density at radius 1 is 1.29 bits per heavy atom. The molecule has 1 aliphatic rings. The third kappa shape index (κ3) is 3.46. The first-order chi connectivity index (χ1) is 8.27. The summed E-state index contributed by atoms with van der Waals surface area (Å²) in [5.74, 6) is 1.97. The number of nitrogens with zero attached hydrogens (tertiary/aromatic N) is 1. The van der Waals surface area contributed by atoms with Crippen LogP contribution in [0.15, 0.2) is 24.3 Å². The van der Waals surface area contributed by atoms with Gasteiger partial charge in [-0.15, -0.1) is 0 Å². The Bertz CT molecular complexity index is 391. The molecule has 1 aromatic carbocycles. The predicted octanol–water partition coefficient (Wildman–Crippen LogP) is 2.33. The summed E-state index contributed by atoms with van der Waals surface area (Å²) in [6, 6.07) is 6.66. The van der Waals surface area contributed by atoms with Gasteiger partial charge in [-0.2, -0.15) is 11.8 Å².